The van der Waals surface area contributed by atoms with Crippen molar-refractivity contribution >= 4 is 21.9 Å². The summed E-state index contributed by atoms with van der Waals surface area (Å²) in [5.74, 6) is -0.577. The zero-order chi connectivity index (χ0) is 11.6. The molecule has 0 aliphatic carbocycles. The van der Waals surface area contributed by atoms with E-state index in [9.17, 15) is 13.5 Å². The van der Waals surface area contributed by atoms with Gasteiger partial charge in [0.05, 0.1) is 7.11 Å². The minimum absolute atomic E-state index is 0.254. The van der Waals surface area contributed by atoms with Crippen LogP contribution in [0.1, 0.15) is 0 Å². The Hall–Kier alpha value is -0.920. The van der Waals surface area contributed by atoms with E-state index in [1.165, 1.54) is 31.0 Å². The highest BCUT2D eigenvalue weighted by molar-refractivity contribution is 7.98. The number of rotatable bonds is 3. The highest BCUT2D eigenvalue weighted by Crippen LogP contribution is 2.36. The molecule has 0 amide bonds. The zero-order valence-electron chi connectivity index (χ0n) is 8.09. The molecule has 0 fully saturated rings. The van der Waals surface area contributed by atoms with Crippen LogP contribution in [0, 0.1) is 0 Å². The highest BCUT2D eigenvalue weighted by atomic mass is 32.2. The summed E-state index contributed by atoms with van der Waals surface area (Å²) in [5.41, 5.74) is 0. The van der Waals surface area contributed by atoms with E-state index in [2.05, 4.69) is 0 Å². The molecule has 0 aliphatic heterocycles. The van der Waals surface area contributed by atoms with E-state index in [1.54, 1.807) is 6.26 Å². The van der Waals surface area contributed by atoms with Crippen molar-refractivity contribution in [3.05, 3.63) is 12.1 Å². The Balaban J connectivity index is 3.53. The molecule has 0 saturated carbocycles. The fourth-order valence-corrected chi connectivity index (χ4v) is 2.32. The van der Waals surface area contributed by atoms with Crippen LogP contribution in [0.25, 0.3) is 0 Å². The monoisotopic (exact) mass is 250 g/mol. The lowest BCUT2D eigenvalue weighted by Gasteiger charge is -2.09. The number of methoxy groups -OCH3 is 1. The van der Waals surface area contributed by atoms with Crippen molar-refractivity contribution in [1.29, 1.82) is 0 Å². The Kier molecular flexibility index (Phi) is 3.48. The molecule has 0 bridgehead atoms. The van der Waals surface area contributed by atoms with Gasteiger partial charge in [-0.3, -0.25) is 4.55 Å². The van der Waals surface area contributed by atoms with Crippen LogP contribution in [0.5, 0.6) is 11.5 Å². The van der Waals surface area contributed by atoms with Crippen molar-refractivity contribution in [1.82, 2.24) is 0 Å². The summed E-state index contributed by atoms with van der Waals surface area (Å²) < 4.78 is 35.6. The predicted octanol–water partition coefficient (Wildman–Crippen LogP) is 1.37. The summed E-state index contributed by atoms with van der Waals surface area (Å²) in [6.07, 6.45) is 1.72. The SMILES string of the molecule is COc1c(O)cc(SC)cc1S(=O)(=O)O. The summed E-state index contributed by atoms with van der Waals surface area (Å²) in [7, 11) is -3.19. The molecule has 2 N–H and O–H groups in total. The standard InChI is InChI=1S/C8H10O5S2/c1-13-8-6(9)3-5(14-2)4-7(8)15(10,11)12/h3-4,9H,1-2H3,(H,10,11,12). The van der Waals surface area contributed by atoms with E-state index in [0.717, 1.165) is 0 Å². The molecule has 0 radical (unpaired) electrons. The lowest BCUT2D eigenvalue weighted by Crippen LogP contribution is -2.02. The number of ether oxygens (including phenoxy) is 1. The molecule has 0 aromatic heterocycles. The van der Waals surface area contributed by atoms with Gasteiger partial charge in [0.25, 0.3) is 10.1 Å². The summed E-state index contributed by atoms with van der Waals surface area (Å²) in [4.78, 5) is 0.0790. The second-order valence-electron chi connectivity index (χ2n) is 2.65. The van der Waals surface area contributed by atoms with E-state index in [-0.39, 0.29) is 11.5 Å². The van der Waals surface area contributed by atoms with Crippen molar-refractivity contribution in [3.8, 4) is 11.5 Å². The van der Waals surface area contributed by atoms with Crippen molar-refractivity contribution in [2.24, 2.45) is 0 Å². The van der Waals surface area contributed by atoms with Crippen LogP contribution >= 0.6 is 11.8 Å². The summed E-state index contributed by atoms with van der Waals surface area (Å²) in [5, 5.41) is 9.45. The van der Waals surface area contributed by atoms with Crippen LogP contribution < -0.4 is 4.74 Å². The lowest BCUT2D eigenvalue weighted by atomic mass is 10.3. The molecule has 0 aliphatic rings. The number of benzene rings is 1. The van der Waals surface area contributed by atoms with E-state index in [0.29, 0.717) is 4.90 Å². The highest BCUT2D eigenvalue weighted by Gasteiger charge is 2.20. The molecule has 1 aromatic carbocycles. The maximum absolute atomic E-state index is 11.0. The first-order chi connectivity index (χ1) is 6.90. The summed E-state index contributed by atoms with van der Waals surface area (Å²) in [6.45, 7) is 0. The molecule has 15 heavy (non-hydrogen) atoms. The van der Waals surface area contributed by atoms with Gasteiger partial charge in [-0.25, -0.2) is 0 Å². The fraction of sp³-hybridized carbons (Fsp3) is 0.250. The van der Waals surface area contributed by atoms with Gasteiger partial charge in [0.1, 0.15) is 4.90 Å². The molecule has 1 aromatic rings. The van der Waals surface area contributed by atoms with E-state index < -0.39 is 15.0 Å². The maximum atomic E-state index is 11.0. The molecule has 0 unspecified atom stereocenters. The zero-order valence-corrected chi connectivity index (χ0v) is 9.72. The smallest absolute Gasteiger partial charge is 0.298 e. The van der Waals surface area contributed by atoms with Gasteiger partial charge in [-0.1, -0.05) is 0 Å². The fourth-order valence-electron chi connectivity index (χ4n) is 1.08. The van der Waals surface area contributed by atoms with Gasteiger partial charge < -0.3 is 9.84 Å². The molecular weight excluding hydrogens is 240 g/mol. The van der Waals surface area contributed by atoms with Crippen molar-refractivity contribution in [2.45, 2.75) is 9.79 Å². The van der Waals surface area contributed by atoms with Gasteiger partial charge in [-0.2, -0.15) is 8.42 Å². The molecule has 7 heteroatoms. The molecular formula is C8H10O5S2. The maximum Gasteiger partial charge on any atom is 0.298 e. The van der Waals surface area contributed by atoms with Crippen LogP contribution in [0.4, 0.5) is 0 Å². The minimum atomic E-state index is -4.40. The summed E-state index contributed by atoms with van der Waals surface area (Å²) >= 11 is 1.24. The Morgan fingerprint density at radius 1 is 1.40 bits per heavy atom. The first-order valence-corrected chi connectivity index (χ1v) is 6.49. The number of aromatic hydroxyl groups is 1. The van der Waals surface area contributed by atoms with Crippen LogP contribution in [-0.2, 0) is 10.1 Å². The largest absolute Gasteiger partial charge is 0.504 e. The Morgan fingerprint density at radius 3 is 2.40 bits per heavy atom. The first kappa shape index (κ1) is 12.2. The van der Waals surface area contributed by atoms with Crippen LogP contribution in [0.3, 0.4) is 0 Å². The minimum Gasteiger partial charge on any atom is -0.504 e. The molecule has 0 saturated heterocycles. The number of hydrogen-bond donors (Lipinski definition) is 2. The van der Waals surface area contributed by atoms with Crippen molar-refractivity contribution in [3.63, 3.8) is 0 Å². The topological polar surface area (TPSA) is 83.8 Å². The van der Waals surface area contributed by atoms with Gasteiger partial charge in [0.2, 0.25) is 0 Å². The third-order valence-electron chi connectivity index (χ3n) is 1.73. The predicted molar refractivity (Wildman–Crippen MR) is 56.3 cm³/mol. The number of thioether (sulfide) groups is 1. The van der Waals surface area contributed by atoms with E-state index >= 15 is 0 Å². The molecule has 0 heterocycles. The molecule has 1 rings (SSSR count). The second-order valence-corrected chi connectivity index (χ2v) is 4.92. The lowest BCUT2D eigenvalue weighted by molar-refractivity contribution is 0.359. The third-order valence-corrected chi connectivity index (χ3v) is 3.29. The third kappa shape index (κ3) is 2.55. The van der Waals surface area contributed by atoms with E-state index in [4.69, 9.17) is 9.29 Å². The molecule has 0 atom stereocenters. The van der Waals surface area contributed by atoms with Gasteiger partial charge >= 0.3 is 0 Å². The number of phenolic OH excluding ortho intramolecular Hbond substituents is 1. The quantitative estimate of drug-likeness (QED) is 0.622. The average molecular weight is 250 g/mol. The first-order valence-electron chi connectivity index (χ1n) is 3.82. The van der Waals surface area contributed by atoms with Gasteiger partial charge in [0.15, 0.2) is 11.5 Å². The summed E-state index contributed by atoms with van der Waals surface area (Å²) in [6, 6.07) is 2.59. The van der Waals surface area contributed by atoms with Gasteiger partial charge in [-0.05, 0) is 18.4 Å². The Labute approximate surface area is 91.8 Å². The van der Waals surface area contributed by atoms with Crippen LogP contribution in [-0.4, -0.2) is 31.4 Å². The van der Waals surface area contributed by atoms with Gasteiger partial charge in [0, 0.05) is 4.90 Å². The second kappa shape index (κ2) is 4.30. The van der Waals surface area contributed by atoms with E-state index in [1.807, 2.05) is 0 Å². The average Bonchev–Trinajstić information content (AvgIpc) is 2.15. The van der Waals surface area contributed by atoms with Crippen molar-refractivity contribution < 1.29 is 22.8 Å². The number of hydrogen-bond acceptors (Lipinski definition) is 5. The van der Waals surface area contributed by atoms with Crippen LogP contribution in [0.15, 0.2) is 21.9 Å². The Morgan fingerprint density at radius 2 is 2.00 bits per heavy atom. The van der Waals surface area contributed by atoms with Gasteiger partial charge in [-0.15, -0.1) is 11.8 Å². The normalized spacial score (nSPS) is 11.4. The Bertz CT molecular complexity index is 466. The molecule has 5 nitrogen and oxygen atoms in total. The van der Waals surface area contributed by atoms with Crippen LogP contribution in [0.2, 0.25) is 0 Å². The molecule has 0 spiro atoms. The molecule has 84 valence electrons. The van der Waals surface area contributed by atoms with Crippen molar-refractivity contribution in [2.75, 3.05) is 13.4 Å². The number of phenols is 1.